The molecular weight excluding hydrogens is 512 g/mol. The molecule has 2 aliphatic carbocycles. The maximum absolute atomic E-state index is 15.4. The summed E-state index contributed by atoms with van der Waals surface area (Å²) in [6.07, 6.45) is 13.5. The van der Waals surface area contributed by atoms with Crippen molar-refractivity contribution in [3.63, 3.8) is 0 Å². The zero-order chi connectivity index (χ0) is 28.2. The van der Waals surface area contributed by atoms with Crippen LogP contribution in [0.3, 0.4) is 0 Å². The highest BCUT2D eigenvalue weighted by molar-refractivity contribution is 5.72. The van der Waals surface area contributed by atoms with Crippen LogP contribution < -0.4 is 4.74 Å². The summed E-state index contributed by atoms with van der Waals surface area (Å²) in [4.78, 5) is 0. The average molecular weight is 551 g/mol. The molecular formula is C35H38F4O. The van der Waals surface area contributed by atoms with Crippen LogP contribution in [0.2, 0.25) is 0 Å². The third kappa shape index (κ3) is 5.84. The van der Waals surface area contributed by atoms with Gasteiger partial charge in [-0.25, -0.2) is 13.2 Å². The van der Waals surface area contributed by atoms with Crippen molar-refractivity contribution in [1.29, 1.82) is 0 Å². The molecule has 0 aromatic heterocycles. The van der Waals surface area contributed by atoms with Crippen LogP contribution in [0.25, 0.3) is 22.3 Å². The molecule has 0 spiro atoms. The Hall–Kier alpha value is -3.08. The first-order chi connectivity index (χ1) is 19.4. The molecule has 2 aliphatic rings. The van der Waals surface area contributed by atoms with Gasteiger partial charge < -0.3 is 4.74 Å². The van der Waals surface area contributed by atoms with E-state index in [0.717, 1.165) is 37.5 Å². The molecule has 0 heterocycles. The summed E-state index contributed by atoms with van der Waals surface area (Å²) < 4.78 is 64.8. The van der Waals surface area contributed by atoms with Gasteiger partial charge in [-0.1, -0.05) is 48.6 Å². The van der Waals surface area contributed by atoms with Gasteiger partial charge in [-0.05, 0) is 118 Å². The Kier molecular flexibility index (Phi) is 8.97. The van der Waals surface area contributed by atoms with Crippen molar-refractivity contribution in [1.82, 2.24) is 0 Å². The maximum atomic E-state index is 15.4. The van der Waals surface area contributed by atoms with E-state index in [1.807, 2.05) is 0 Å². The molecule has 0 radical (unpaired) electrons. The molecule has 0 saturated heterocycles. The summed E-state index contributed by atoms with van der Waals surface area (Å²) in [5.74, 6) is -1.58. The van der Waals surface area contributed by atoms with E-state index < -0.39 is 23.3 Å². The fourth-order valence-corrected chi connectivity index (χ4v) is 6.94. The van der Waals surface area contributed by atoms with Gasteiger partial charge in [0, 0.05) is 11.1 Å². The summed E-state index contributed by atoms with van der Waals surface area (Å²) in [7, 11) is 0. The van der Waals surface area contributed by atoms with Crippen LogP contribution in [0, 0.1) is 41.0 Å². The molecule has 0 N–H and O–H groups in total. The van der Waals surface area contributed by atoms with E-state index in [-0.39, 0.29) is 29.4 Å². The lowest BCUT2D eigenvalue weighted by atomic mass is 9.68. The largest absolute Gasteiger partial charge is 0.491 e. The van der Waals surface area contributed by atoms with Crippen LogP contribution in [0.1, 0.15) is 76.7 Å². The molecule has 1 nitrogen and oxygen atoms in total. The van der Waals surface area contributed by atoms with Gasteiger partial charge in [0.1, 0.15) is 0 Å². The van der Waals surface area contributed by atoms with Gasteiger partial charge in [0.2, 0.25) is 5.82 Å². The van der Waals surface area contributed by atoms with E-state index in [0.29, 0.717) is 22.6 Å². The SMILES string of the molecule is CC=CC1CCC(C2CCC(c3ccc(-c4ccc(-c5ccc(OCC)c(F)c5F)cc4)c(F)c3F)CC2)CC1. The van der Waals surface area contributed by atoms with E-state index in [1.54, 1.807) is 43.3 Å². The molecule has 40 heavy (non-hydrogen) atoms. The van der Waals surface area contributed by atoms with Gasteiger partial charge in [-0.2, -0.15) is 4.39 Å². The molecule has 3 aromatic rings. The minimum absolute atomic E-state index is 0.0408. The molecule has 2 fully saturated rings. The Morgan fingerprint density at radius 2 is 1.18 bits per heavy atom. The number of hydrogen-bond acceptors (Lipinski definition) is 1. The highest BCUT2D eigenvalue weighted by Crippen LogP contribution is 2.45. The molecule has 5 rings (SSSR count). The molecule has 0 atom stereocenters. The highest BCUT2D eigenvalue weighted by atomic mass is 19.2. The molecule has 3 aromatic carbocycles. The van der Waals surface area contributed by atoms with Crippen molar-refractivity contribution in [3.05, 3.63) is 89.5 Å². The van der Waals surface area contributed by atoms with Crippen LogP contribution in [0.5, 0.6) is 5.75 Å². The van der Waals surface area contributed by atoms with Crippen molar-refractivity contribution in [2.75, 3.05) is 6.61 Å². The fourth-order valence-electron chi connectivity index (χ4n) is 6.94. The zero-order valence-electron chi connectivity index (χ0n) is 23.4. The van der Waals surface area contributed by atoms with Crippen molar-refractivity contribution in [2.24, 2.45) is 17.8 Å². The van der Waals surface area contributed by atoms with Crippen molar-refractivity contribution >= 4 is 0 Å². The molecule has 0 amide bonds. The van der Waals surface area contributed by atoms with E-state index >= 15 is 8.78 Å². The van der Waals surface area contributed by atoms with Crippen LogP contribution >= 0.6 is 0 Å². The number of benzene rings is 3. The average Bonchev–Trinajstić information content (AvgIpc) is 2.98. The van der Waals surface area contributed by atoms with Crippen LogP contribution in [0.4, 0.5) is 17.6 Å². The minimum atomic E-state index is -1.04. The van der Waals surface area contributed by atoms with Crippen LogP contribution in [-0.4, -0.2) is 6.61 Å². The quantitative estimate of drug-likeness (QED) is 0.210. The predicted octanol–water partition coefficient (Wildman–Crippen LogP) is 10.6. The van der Waals surface area contributed by atoms with Gasteiger partial charge in [0.05, 0.1) is 6.61 Å². The maximum Gasteiger partial charge on any atom is 0.201 e. The second kappa shape index (κ2) is 12.6. The van der Waals surface area contributed by atoms with Crippen LogP contribution in [-0.2, 0) is 0 Å². The molecule has 0 bridgehead atoms. The Balaban J connectivity index is 1.26. The smallest absolute Gasteiger partial charge is 0.201 e. The molecule has 5 heteroatoms. The monoisotopic (exact) mass is 550 g/mol. The van der Waals surface area contributed by atoms with Crippen molar-refractivity contribution < 1.29 is 22.3 Å². The summed E-state index contributed by atoms with van der Waals surface area (Å²) >= 11 is 0. The second-order valence-electron chi connectivity index (χ2n) is 11.4. The number of rotatable bonds is 7. The normalized spacial score (nSPS) is 23.4. The summed E-state index contributed by atoms with van der Waals surface area (Å²) in [6, 6.07) is 12.6. The Morgan fingerprint density at radius 3 is 1.73 bits per heavy atom. The van der Waals surface area contributed by atoms with Gasteiger partial charge in [-0.15, -0.1) is 0 Å². The predicted molar refractivity (Wildman–Crippen MR) is 153 cm³/mol. The number of halogens is 4. The van der Waals surface area contributed by atoms with E-state index in [9.17, 15) is 8.78 Å². The summed E-state index contributed by atoms with van der Waals surface area (Å²) in [5.41, 5.74) is 1.64. The summed E-state index contributed by atoms with van der Waals surface area (Å²) in [6.45, 7) is 4.01. The molecule has 0 aliphatic heterocycles. The molecule has 212 valence electrons. The first kappa shape index (κ1) is 28.4. The highest BCUT2D eigenvalue weighted by Gasteiger charge is 2.32. The van der Waals surface area contributed by atoms with E-state index in [2.05, 4.69) is 19.1 Å². The van der Waals surface area contributed by atoms with Gasteiger partial charge in [0.25, 0.3) is 0 Å². The minimum Gasteiger partial charge on any atom is -0.491 e. The lowest BCUT2D eigenvalue weighted by Crippen LogP contribution is -2.25. The van der Waals surface area contributed by atoms with Crippen LogP contribution in [0.15, 0.2) is 60.7 Å². The van der Waals surface area contributed by atoms with Gasteiger partial charge >= 0.3 is 0 Å². The molecule has 2 saturated carbocycles. The fraction of sp³-hybridized carbons (Fsp3) is 0.429. The number of allylic oxidation sites excluding steroid dienone is 2. The van der Waals surface area contributed by atoms with Crippen molar-refractivity contribution in [2.45, 2.75) is 71.1 Å². The summed E-state index contributed by atoms with van der Waals surface area (Å²) in [5, 5.41) is 0. The standard InChI is InChI=1S/C35H38F4O/c1-3-5-22-6-8-23(9-7-22)24-10-12-25(13-11-24)28-18-19-29(33(37)32(28)36)26-14-16-27(17-15-26)30-20-21-31(40-4-2)35(39)34(30)38/h3,5,14-25H,4,6-13H2,1-2H3. The third-order valence-corrected chi connectivity index (χ3v) is 9.13. The first-order valence-electron chi connectivity index (χ1n) is 14.7. The topological polar surface area (TPSA) is 9.23 Å². The lowest BCUT2D eigenvalue weighted by molar-refractivity contribution is 0.170. The van der Waals surface area contributed by atoms with Crippen molar-refractivity contribution in [3.8, 4) is 28.0 Å². The number of hydrogen-bond donors (Lipinski definition) is 0. The Morgan fingerprint density at radius 1 is 0.650 bits per heavy atom. The first-order valence-corrected chi connectivity index (χ1v) is 14.7. The van der Waals surface area contributed by atoms with Gasteiger partial charge in [0.15, 0.2) is 23.2 Å². The number of ether oxygens (including phenoxy) is 1. The van der Waals surface area contributed by atoms with Gasteiger partial charge in [-0.3, -0.25) is 0 Å². The zero-order valence-corrected chi connectivity index (χ0v) is 23.4. The third-order valence-electron chi connectivity index (χ3n) is 9.13. The van der Waals surface area contributed by atoms with E-state index in [1.165, 1.54) is 37.8 Å². The second-order valence-corrected chi connectivity index (χ2v) is 11.4. The lowest BCUT2D eigenvalue weighted by Gasteiger charge is -2.37. The van der Waals surface area contributed by atoms with E-state index in [4.69, 9.17) is 4.74 Å². The molecule has 0 unspecified atom stereocenters. The Labute approximate surface area is 235 Å². The Bertz CT molecular complexity index is 1330.